The Hall–Kier alpha value is -1.07. The molecule has 0 amide bonds. The van der Waals surface area contributed by atoms with Crippen molar-refractivity contribution in [3.63, 3.8) is 0 Å². The van der Waals surface area contributed by atoms with E-state index in [1.54, 1.807) is 10.9 Å². The van der Waals surface area contributed by atoms with Crippen LogP contribution in [0.5, 0.6) is 0 Å². The number of rotatable bonds is 6. The highest BCUT2D eigenvalue weighted by Crippen LogP contribution is 2.30. The van der Waals surface area contributed by atoms with Gasteiger partial charge in [0.15, 0.2) is 0 Å². The number of anilines is 1. The predicted octanol–water partition coefficient (Wildman–Crippen LogP) is 1.49. The normalized spacial score (nSPS) is 18.9. The SMILES string of the molecule is CCCN(c1c(Cl)cnn(CC2CC2)c1=O)C1CNC1. The van der Waals surface area contributed by atoms with E-state index in [0.29, 0.717) is 22.7 Å². The van der Waals surface area contributed by atoms with E-state index in [1.807, 2.05) is 0 Å². The van der Waals surface area contributed by atoms with E-state index in [9.17, 15) is 4.79 Å². The molecular weight excluding hydrogens is 276 g/mol. The van der Waals surface area contributed by atoms with E-state index in [2.05, 4.69) is 22.2 Å². The zero-order valence-electron chi connectivity index (χ0n) is 11.8. The quantitative estimate of drug-likeness (QED) is 0.864. The van der Waals surface area contributed by atoms with Gasteiger partial charge in [-0.3, -0.25) is 4.79 Å². The molecule has 1 saturated heterocycles. The molecule has 6 heteroatoms. The van der Waals surface area contributed by atoms with Crippen molar-refractivity contribution in [3.8, 4) is 0 Å². The van der Waals surface area contributed by atoms with Gasteiger partial charge in [0.2, 0.25) is 0 Å². The Morgan fingerprint density at radius 2 is 2.25 bits per heavy atom. The Bertz CT molecular complexity index is 536. The van der Waals surface area contributed by atoms with Crippen LogP contribution in [0.15, 0.2) is 11.0 Å². The molecule has 0 unspecified atom stereocenters. The third-order valence-electron chi connectivity index (χ3n) is 4.05. The minimum Gasteiger partial charge on any atom is -0.360 e. The lowest BCUT2D eigenvalue weighted by Gasteiger charge is -2.39. The van der Waals surface area contributed by atoms with Crippen LogP contribution in [0.1, 0.15) is 26.2 Å². The lowest BCUT2D eigenvalue weighted by molar-refractivity contribution is 0.409. The van der Waals surface area contributed by atoms with Gasteiger partial charge in [0.1, 0.15) is 5.69 Å². The largest absolute Gasteiger partial charge is 0.360 e. The van der Waals surface area contributed by atoms with Gasteiger partial charge >= 0.3 is 0 Å². The first-order valence-corrected chi connectivity index (χ1v) is 7.81. The third kappa shape index (κ3) is 2.69. The molecule has 1 aliphatic carbocycles. The Balaban J connectivity index is 1.93. The average Bonchev–Trinajstić information content (AvgIpc) is 3.15. The van der Waals surface area contributed by atoms with Crippen LogP contribution in [-0.4, -0.2) is 35.5 Å². The maximum absolute atomic E-state index is 12.7. The number of nitrogens with zero attached hydrogens (tertiary/aromatic N) is 3. The van der Waals surface area contributed by atoms with E-state index in [1.165, 1.54) is 12.8 Å². The standard InChI is InChI=1S/C14H21ClN4O/c1-2-5-18(11-6-16-7-11)13-12(15)8-17-19(14(13)20)9-10-3-4-10/h8,10-11,16H,2-7,9H2,1H3. The molecule has 20 heavy (non-hydrogen) atoms. The van der Waals surface area contributed by atoms with Crippen LogP contribution in [0.2, 0.25) is 5.02 Å². The summed E-state index contributed by atoms with van der Waals surface area (Å²) in [5.41, 5.74) is 0.598. The van der Waals surface area contributed by atoms with Crippen molar-refractivity contribution in [2.75, 3.05) is 24.5 Å². The van der Waals surface area contributed by atoms with Crippen LogP contribution in [0, 0.1) is 5.92 Å². The van der Waals surface area contributed by atoms with Crippen LogP contribution in [0.25, 0.3) is 0 Å². The number of hydrogen-bond donors (Lipinski definition) is 1. The van der Waals surface area contributed by atoms with Crippen molar-refractivity contribution in [2.45, 2.75) is 38.8 Å². The Kier molecular flexibility index (Phi) is 3.98. The van der Waals surface area contributed by atoms with Crippen LogP contribution in [0.4, 0.5) is 5.69 Å². The van der Waals surface area contributed by atoms with Gasteiger partial charge in [0.05, 0.1) is 17.3 Å². The first kappa shape index (κ1) is 13.9. The van der Waals surface area contributed by atoms with Gasteiger partial charge in [-0.05, 0) is 25.2 Å². The molecule has 0 aromatic carbocycles. The summed E-state index contributed by atoms with van der Waals surface area (Å²) in [6.45, 7) is 5.54. The first-order valence-electron chi connectivity index (χ1n) is 7.43. The van der Waals surface area contributed by atoms with Gasteiger partial charge in [0.25, 0.3) is 5.56 Å². The Morgan fingerprint density at radius 1 is 1.50 bits per heavy atom. The predicted molar refractivity (Wildman–Crippen MR) is 80.5 cm³/mol. The summed E-state index contributed by atoms with van der Waals surface area (Å²) in [5.74, 6) is 0.624. The minimum atomic E-state index is -0.0373. The van der Waals surface area contributed by atoms with Gasteiger partial charge in [-0.25, -0.2) is 4.68 Å². The highest BCUT2D eigenvalue weighted by Gasteiger charge is 2.29. The lowest BCUT2D eigenvalue weighted by atomic mass is 10.1. The lowest BCUT2D eigenvalue weighted by Crippen LogP contribution is -2.58. The van der Waals surface area contributed by atoms with Crippen LogP contribution in [0.3, 0.4) is 0 Å². The van der Waals surface area contributed by atoms with Crippen molar-refractivity contribution >= 4 is 17.3 Å². The van der Waals surface area contributed by atoms with Gasteiger partial charge < -0.3 is 10.2 Å². The van der Waals surface area contributed by atoms with E-state index >= 15 is 0 Å². The molecule has 110 valence electrons. The second kappa shape index (κ2) is 5.74. The number of aromatic nitrogens is 2. The average molecular weight is 297 g/mol. The fraction of sp³-hybridized carbons (Fsp3) is 0.714. The zero-order valence-corrected chi connectivity index (χ0v) is 12.6. The molecule has 0 bridgehead atoms. The molecule has 1 saturated carbocycles. The Labute approximate surface area is 123 Å². The highest BCUT2D eigenvalue weighted by atomic mass is 35.5. The van der Waals surface area contributed by atoms with Crippen molar-refractivity contribution in [2.24, 2.45) is 5.92 Å². The minimum absolute atomic E-state index is 0.0373. The first-order chi connectivity index (χ1) is 9.70. The van der Waals surface area contributed by atoms with Crippen molar-refractivity contribution < 1.29 is 0 Å². The molecule has 0 atom stereocenters. The smallest absolute Gasteiger partial charge is 0.291 e. The number of hydrogen-bond acceptors (Lipinski definition) is 4. The molecule has 2 heterocycles. The molecule has 1 aliphatic heterocycles. The molecule has 1 N–H and O–H groups in total. The van der Waals surface area contributed by atoms with Gasteiger partial charge in [-0.15, -0.1) is 0 Å². The highest BCUT2D eigenvalue weighted by molar-refractivity contribution is 6.33. The van der Waals surface area contributed by atoms with E-state index < -0.39 is 0 Å². The van der Waals surface area contributed by atoms with E-state index in [-0.39, 0.29) is 5.56 Å². The van der Waals surface area contributed by atoms with E-state index in [4.69, 9.17) is 11.6 Å². The molecule has 0 radical (unpaired) electrons. The summed E-state index contributed by atoms with van der Waals surface area (Å²) >= 11 is 6.27. The molecule has 1 aromatic heterocycles. The summed E-state index contributed by atoms with van der Waals surface area (Å²) in [7, 11) is 0. The maximum Gasteiger partial charge on any atom is 0.291 e. The molecule has 3 rings (SSSR count). The Morgan fingerprint density at radius 3 is 2.80 bits per heavy atom. The molecule has 5 nitrogen and oxygen atoms in total. The summed E-state index contributed by atoms with van der Waals surface area (Å²) < 4.78 is 1.59. The fourth-order valence-corrected chi connectivity index (χ4v) is 2.84. The fourth-order valence-electron chi connectivity index (χ4n) is 2.61. The summed E-state index contributed by atoms with van der Waals surface area (Å²) in [4.78, 5) is 14.8. The second-order valence-electron chi connectivity index (χ2n) is 5.78. The molecule has 2 aliphatic rings. The maximum atomic E-state index is 12.7. The summed E-state index contributed by atoms with van der Waals surface area (Å²) in [6.07, 6.45) is 5.03. The second-order valence-corrected chi connectivity index (χ2v) is 6.18. The molecule has 1 aromatic rings. The van der Waals surface area contributed by atoms with Crippen molar-refractivity contribution in [1.82, 2.24) is 15.1 Å². The molecule has 2 fully saturated rings. The zero-order chi connectivity index (χ0) is 14.1. The van der Waals surface area contributed by atoms with Crippen molar-refractivity contribution in [1.29, 1.82) is 0 Å². The van der Waals surface area contributed by atoms with Gasteiger partial charge in [0, 0.05) is 26.2 Å². The monoisotopic (exact) mass is 296 g/mol. The number of nitrogens with one attached hydrogen (secondary N) is 1. The van der Waals surface area contributed by atoms with Crippen LogP contribution in [-0.2, 0) is 6.54 Å². The van der Waals surface area contributed by atoms with Gasteiger partial charge in [-0.1, -0.05) is 18.5 Å². The van der Waals surface area contributed by atoms with Crippen LogP contribution >= 0.6 is 11.6 Å². The summed E-state index contributed by atoms with van der Waals surface area (Å²) in [6, 6.07) is 0.372. The molecular formula is C14H21ClN4O. The van der Waals surface area contributed by atoms with Crippen molar-refractivity contribution in [3.05, 3.63) is 21.6 Å². The third-order valence-corrected chi connectivity index (χ3v) is 4.33. The number of halogens is 1. The summed E-state index contributed by atoms with van der Waals surface area (Å²) in [5, 5.41) is 7.93. The topological polar surface area (TPSA) is 50.2 Å². The van der Waals surface area contributed by atoms with Gasteiger partial charge in [-0.2, -0.15) is 5.10 Å². The molecule has 0 spiro atoms. The van der Waals surface area contributed by atoms with E-state index in [0.717, 1.165) is 32.6 Å². The van der Waals surface area contributed by atoms with Crippen LogP contribution < -0.4 is 15.8 Å².